The second-order valence-electron chi connectivity index (χ2n) is 7.30. The molecule has 158 valence electrons. The first kappa shape index (κ1) is 20.4. The molecule has 0 spiro atoms. The largest absolute Gasteiger partial charge is 0.496 e. The van der Waals surface area contributed by atoms with Crippen LogP contribution in [0.15, 0.2) is 72.0 Å². The molecule has 0 saturated carbocycles. The highest BCUT2D eigenvalue weighted by Crippen LogP contribution is 2.33. The van der Waals surface area contributed by atoms with Crippen molar-refractivity contribution >= 4 is 17.6 Å². The zero-order chi connectivity index (χ0) is 21.8. The molecule has 4 rings (SSSR count). The summed E-state index contributed by atoms with van der Waals surface area (Å²) in [6.45, 7) is 2.12. The molecule has 1 amide bonds. The van der Waals surface area contributed by atoms with Crippen molar-refractivity contribution in [2.45, 2.75) is 25.9 Å². The number of rotatable bonds is 7. The highest BCUT2D eigenvalue weighted by atomic mass is 16.5. The number of carbonyl (C=O) groups is 1. The third-order valence-electron chi connectivity index (χ3n) is 5.27. The van der Waals surface area contributed by atoms with Gasteiger partial charge in [-0.15, -0.1) is 5.10 Å². The van der Waals surface area contributed by atoms with Crippen LogP contribution in [0.25, 0.3) is 11.1 Å². The molecule has 1 aliphatic rings. The summed E-state index contributed by atoms with van der Waals surface area (Å²) in [7, 11) is 1.66. The number of aromatic nitrogens is 1. The van der Waals surface area contributed by atoms with E-state index >= 15 is 0 Å². The number of primary amides is 1. The molecule has 0 saturated heterocycles. The molecule has 1 aromatic heterocycles. The van der Waals surface area contributed by atoms with Gasteiger partial charge in [-0.2, -0.15) is 0 Å². The van der Waals surface area contributed by atoms with Gasteiger partial charge in [-0.1, -0.05) is 43.3 Å². The number of amidine groups is 1. The molecule has 7 nitrogen and oxygen atoms in total. The molecule has 1 unspecified atom stereocenters. The number of hydrogen-bond acceptors (Lipinski definition) is 6. The number of nitrogens with zero attached hydrogens (tertiary/aromatic N) is 3. The lowest BCUT2D eigenvalue weighted by molar-refractivity contribution is -0.112. The number of benzene rings is 2. The number of nitrogens with one attached hydrogen (secondary N) is 1. The number of anilines is 1. The Hall–Kier alpha value is -3.87. The number of methoxy groups -OCH3 is 1. The number of amides is 1. The van der Waals surface area contributed by atoms with Gasteiger partial charge in [-0.3, -0.25) is 4.79 Å². The summed E-state index contributed by atoms with van der Waals surface area (Å²) in [6, 6.07) is 20.1. The minimum absolute atomic E-state index is 0.124. The van der Waals surface area contributed by atoms with Crippen LogP contribution in [0.1, 0.15) is 18.1 Å². The Morgan fingerprint density at radius 2 is 1.94 bits per heavy atom. The van der Waals surface area contributed by atoms with E-state index in [1.165, 1.54) is 5.56 Å². The van der Waals surface area contributed by atoms with E-state index in [4.69, 9.17) is 10.5 Å². The van der Waals surface area contributed by atoms with Crippen LogP contribution >= 0.6 is 0 Å². The molecule has 1 atom stereocenters. The molecule has 3 aromatic rings. The van der Waals surface area contributed by atoms with E-state index in [2.05, 4.69) is 34.5 Å². The van der Waals surface area contributed by atoms with E-state index in [0.29, 0.717) is 12.2 Å². The third-order valence-corrected chi connectivity index (χ3v) is 5.27. The summed E-state index contributed by atoms with van der Waals surface area (Å²) in [5, 5.41) is 9.26. The quantitative estimate of drug-likeness (QED) is 0.619. The molecular formula is C24H25N5O2. The second kappa shape index (κ2) is 8.87. The molecule has 2 heterocycles. The van der Waals surface area contributed by atoms with E-state index in [1.54, 1.807) is 18.3 Å². The van der Waals surface area contributed by atoms with Crippen molar-refractivity contribution in [1.82, 2.24) is 10.3 Å². The Balaban J connectivity index is 1.71. The average Bonchev–Trinajstić information content (AvgIpc) is 3.23. The molecule has 0 fully saturated rings. The smallest absolute Gasteiger partial charge is 0.286 e. The second-order valence-corrected chi connectivity index (χ2v) is 7.30. The zero-order valence-corrected chi connectivity index (χ0v) is 17.6. The van der Waals surface area contributed by atoms with Crippen LogP contribution in [-0.2, 0) is 17.6 Å². The van der Waals surface area contributed by atoms with Crippen molar-refractivity contribution in [3.8, 4) is 16.9 Å². The first-order valence-corrected chi connectivity index (χ1v) is 10.2. The van der Waals surface area contributed by atoms with E-state index < -0.39 is 5.91 Å². The number of hydrogen-bond donors (Lipinski definition) is 2. The topological polar surface area (TPSA) is 92.8 Å². The standard InChI is InChI=1S/C24H25N5O2/c1-3-16-9-10-20(31-2)19(13-16)18-11-12-26-21(15-18)29-22(27-24(28-29)23(25)30)14-17-7-5-4-6-8-17/h4-13,15,22H,3,14H2,1-2H3,(H2,25,30)(H,27,28). The highest BCUT2D eigenvalue weighted by Gasteiger charge is 2.30. The Kier molecular flexibility index (Phi) is 5.84. The van der Waals surface area contributed by atoms with Crippen molar-refractivity contribution in [2.24, 2.45) is 10.8 Å². The molecule has 0 radical (unpaired) electrons. The fourth-order valence-electron chi connectivity index (χ4n) is 3.64. The minimum atomic E-state index is -0.603. The summed E-state index contributed by atoms with van der Waals surface area (Å²) in [4.78, 5) is 16.3. The highest BCUT2D eigenvalue weighted by molar-refractivity contribution is 6.38. The lowest BCUT2D eigenvalue weighted by Gasteiger charge is -2.23. The van der Waals surface area contributed by atoms with Crippen molar-refractivity contribution in [3.63, 3.8) is 0 Å². The van der Waals surface area contributed by atoms with Gasteiger partial charge in [0.2, 0.25) is 5.84 Å². The number of ether oxygens (including phenoxy) is 1. The first-order valence-electron chi connectivity index (χ1n) is 10.2. The van der Waals surface area contributed by atoms with Crippen LogP contribution in [0, 0.1) is 0 Å². The van der Waals surface area contributed by atoms with Gasteiger partial charge in [0.05, 0.1) is 7.11 Å². The van der Waals surface area contributed by atoms with E-state index in [0.717, 1.165) is 28.9 Å². The number of carbonyl (C=O) groups excluding carboxylic acids is 1. The van der Waals surface area contributed by atoms with Gasteiger partial charge in [-0.25, -0.2) is 9.99 Å². The fourth-order valence-corrected chi connectivity index (χ4v) is 3.64. The van der Waals surface area contributed by atoms with Crippen molar-refractivity contribution < 1.29 is 9.53 Å². The molecular weight excluding hydrogens is 390 g/mol. The Labute approximate surface area is 181 Å². The summed E-state index contributed by atoms with van der Waals surface area (Å²) in [6.07, 6.45) is 3.01. The number of nitrogens with two attached hydrogens (primary N) is 1. The summed E-state index contributed by atoms with van der Waals surface area (Å²) in [5.41, 5.74) is 9.75. The molecule has 0 bridgehead atoms. The van der Waals surface area contributed by atoms with Crippen LogP contribution in [0.3, 0.4) is 0 Å². The van der Waals surface area contributed by atoms with E-state index in [9.17, 15) is 4.79 Å². The third kappa shape index (κ3) is 4.35. The van der Waals surface area contributed by atoms with Crippen molar-refractivity contribution in [1.29, 1.82) is 0 Å². The van der Waals surface area contributed by atoms with Gasteiger partial charge in [0.25, 0.3) is 5.91 Å². The van der Waals surface area contributed by atoms with E-state index in [-0.39, 0.29) is 12.0 Å². The molecule has 7 heteroatoms. The zero-order valence-electron chi connectivity index (χ0n) is 17.6. The van der Waals surface area contributed by atoms with Gasteiger partial charge in [0.1, 0.15) is 11.9 Å². The van der Waals surface area contributed by atoms with Gasteiger partial charge < -0.3 is 15.8 Å². The normalized spacial score (nSPS) is 15.4. The Morgan fingerprint density at radius 3 is 2.65 bits per heavy atom. The first-order chi connectivity index (χ1) is 15.1. The Morgan fingerprint density at radius 1 is 1.13 bits per heavy atom. The van der Waals surface area contributed by atoms with Gasteiger partial charge in [0.15, 0.2) is 5.82 Å². The van der Waals surface area contributed by atoms with Crippen LogP contribution in [0.2, 0.25) is 0 Å². The van der Waals surface area contributed by atoms with Crippen LogP contribution in [0.4, 0.5) is 5.82 Å². The van der Waals surface area contributed by atoms with Crippen LogP contribution < -0.4 is 20.8 Å². The van der Waals surface area contributed by atoms with Crippen molar-refractivity contribution in [2.75, 3.05) is 12.1 Å². The lowest BCUT2D eigenvalue weighted by Crippen LogP contribution is -2.43. The van der Waals surface area contributed by atoms with Crippen LogP contribution in [-0.4, -0.2) is 30.0 Å². The number of hydrazone groups is 1. The lowest BCUT2D eigenvalue weighted by atomic mass is 10.0. The van der Waals surface area contributed by atoms with Crippen LogP contribution in [0.5, 0.6) is 5.75 Å². The maximum Gasteiger partial charge on any atom is 0.286 e. The average molecular weight is 415 g/mol. The number of aryl methyl sites for hydroxylation is 1. The molecule has 3 N–H and O–H groups in total. The molecule has 31 heavy (non-hydrogen) atoms. The fraction of sp³-hybridized carbons (Fsp3) is 0.208. The molecule has 2 aromatic carbocycles. The van der Waals surface area contributed by atoms with Gasteiger partial charge in [-0.05, 0) is 47.4 Å². The minimum Gasteiger partial charge on any atom is -0.496 e. The summed E-state index contributed by atoms with van der Waals surface area (Å²) >= 11 is 0. The van der Waals surface area contributed by atoms with Gasteiger partial charge >= 0.3 is 0 Å². The van der Waals surface area contributed by atoms with Crippen molar-refractivity contribution in [3.05, 3.63) is 78.0 Å². The maximum atomic E-state index is 11.8. The summed E-state index contributed by atoms with van der Waals surface area (Å²) in [5.74, 6) is 0.926. The SMILES string of the molecule is CCc1ccc(OC)c(-c2ccnc(N3N=C(C(N)=O)NC3Cc3ccccc3)c2)c1. The molecule has 1 aliphatic heterocycles. The van der Waals surface area contributed by atoms with E-state index in [1.807, 2.05) is 48.5 Å². The predicted octanol–water partition coefficient (Wildman–Crippen LogP) is 3.10. The summed E-state index contributed by atoms with van der Waals surface area (Å²) < 4.78 is 5.58. The molecule has 0 aliphatic carbocycles. The predicted molar refractivity (Wildman–Crippen MR) is 122 cm³/mol. The van der Waals surface area contributed by atoms with Gasteiger partial charge in [0, 0.05) is 18.2 Å². The monoisotopic (exact) mass is 415 g/mol. The Bertz CT molecular complexity index is 1110. The number of pyridine rings is 1. The maximum absolute atomic E-state index is 11.8.